The number of alkyl halides is 1. The highest BCUT2D eigenvalue weighted by Gasteiger charge is 2.16. The van der Waals surface area contributed by atoms with Gasteiger partial charge in [-0.1, -0.05) is 15.9 Å². The Balaban J connectivity index is 2.88. The number of aromatic amines is 1. The molecule has 0 amide bonds. The van der Waals surface area contributed by atoms with E-state index in [1.165, 1.54) is 12.3 Å². The Kier molecular flexibility index (Phi) is 3.65. The summed E-state index contributed by atoms with van der Waals surface area (Å²) in [7, 11) is 0. The van der Waals surface area contributed by atoms with E-state index in [0.29, 0.717) is 5.56 Å². The molecule has 1 heterocycles. The van der Waals surface area contributed by atoms with Crippen molar-refractivity contribution in [2.75, 3.05) is 5.33 Å². The predicted octanol–water partition coefficient (Wildman–Crippen LogP) is 0.164. The molecule has 72 valence electrons. The fraction of sp³-hybridized carbons (Fsp3) is 0.375. The number of H-pyrrole nitrogens is 1. The smallest absolute Gasteiger partial charge is 0.248 e. The lowest BCUT2D eigenvalue weighted by atomic mass is 10.1. The summed E-state index contributed by atoms with van der Waals surface area (Å²) in [6.45, 7) is 0. The van der Waals surface area contributed by atoms with E-state index >= 15 is 0 Å². The van der Waals surface area contributed by atoms with Crippen molar-refractivity contribution in [1.82, 2.24) is 4.98 Å². The Labute approximate surface area is 83.4 Å². The Morgan fingerprint density at radius 1 is 1.54 bits per heavy atom. The fourth-order valence-electron chi connectivity index (χ4n) is 0.952. The van der Waals surface area contributed by atoms with E-state index in [-0.39, 0.29) is 10.9 Å². The van der Waals surface area contributed by atoms with Crippen LogP contribution in [0.2, 0.25) is 0 Å². The molecule has 0 spiro atoms. The molecule has 1 rings (SSSR count). The van der Waals surface area contributed by atoms with Crippen LogP contribution in [0.15, 0.2) is 23.1 Å². The lowest BCUT2D eigenvalue weighted by Crippen LogP contribution is -2.21. The normalized spacial score (nSPS) is 15.3. The van der Waals surface area contributed by atoms with Crippen LogP contribution in [0.1, 0.15) is 11.7 Å². The standard InChI is InChI=1S/C8H10BrNO3/c9-4-6(11)8(13)5-1-2-10-7(12)3-5/h1-3,6,8,11,13H,4H2,(H,10,12). The minimum Gasteiger partial charge on any atom is -0.389 e. The highest BCUT2D eigenvalue weighted by atomic mass is 79.9. The van der Waals surface area contributed by atoms with Crippen LogP contribution in [-0.4, -0.2) is 26.6 Å². The maximum Gasteiger partial charge on any atom is 0.248 e. The average Bonchev–Trinajstić information content (AvgIpc) is 2.15. The third-order valence-corrected chi connectivity index (χ3v) is 2.33. The highest BCUT2D eigenvalue weighted by Crippen LogP contribution is 2.15. The van der Waals surface area contributed by atoms with Crippen molar-refractivity contribution in [3.8, 4) is 0 Å². The minimum atomic E-state index is -1.03. The highest BCUT2D eigenvalue weighted by molar-refractivity contribution is 9.09. The minimum absolute atomic E-state index is 0.265. The summed E-state index contributed by atoms with van der Waals surface area (Å²) in [5.41, 5.74) is 0.119. The molecule has 0 aliphatic heterocycles. The zero-order valence-corrected chi connectivity index (χ0v) is 8.36. The zero-order valence-electron chi connectivity index (χ0n) is 6.77. The Hall–Kier alpha value is -0.650. The van der Waals surface area contributed by atoms with E-state index in [1.807, 2.05) is 0 Å². The van der Waals surface area contributed by atoms with E-state index < -0.39 is 12.2 Å². The number of aliphatic hydroxyl groups excluding tert-OH is 2. The van der Waals surface area contributed by atoms with Crippen molar-refractivity contribution >= 4 is 15.9 Å². The van der Waals surface area contributed by atoms with Crippen molar-refractivity contribution in [1.29, 1.82) is 0 Å². The Morgan fingerprint density at radius 2 is 2.23 bits per heavy atom. The van der Waals surface area contributed by atoms with Gasteiger partial charge in [0, 0.05) is 17.6 Å². The lowest BCUT2D eigenvalue weighted by Gasteiger charge is -2.14. The summed E-state index contributed by atoms with van der Waals surface area (Å²) in [5, 5.41) is 19.0. The topological polar surface area (TPSA) is 73.3 Å². The predicted molar refractivity (Wildman–Crippen MR) is 51.8 cm³/mol. The van der Waals surface area contributed by atoms with Crippen LogP contribution in [0.4, 0.5) is 0 Å². The number of nitrogens with one attached hydrogen (secondary N) is 1. The molecule has 13 heavy (non-hydrogen) atoms. The van der Waals surface area contributed by atoms with E-state index in [4.69, 9.17) is 0 Å². The summed E-state index contributed by atoms with van der Waals surface area (Å²) in [6, 6.07) is 2.81. The molecule has 0 saturated heterocycles. The van der Waals surface area contributed by atoms with Gasteiger partial charge in [0.2, 0.25) is 5.56 Å². The van der Waals surface area contributed by atoms with Crippen LogP contribution in [0.5, 0.6) is 0 Å². The molecule has 0 aliphatic rings. The van der Waals surface area contributed by atoms with Gasteiger partial charge >= 0.3 is 0 Å². The summed E-state index contributed by atoms with van der Waals surface area (Å²) < 4.78 is 0. The Morgan fingerprint density at radius 3 is 2.77 bits per heavy atom. The van der Waals surface area contributed by atoms with Crippen molar-refractivity contribution < 1.29 is 10.2 Å². The molecule has 4 nitrogen and oxygen atoms in total. The first kappa shape index (κ1) is 10.4. The van der Waals surface area contributed by atoms with E-state index in [9.17, 15) is 15.0 Å². The second kappa shape index (κ2) is 4.55. The summed E-state index contributed by atoms with van der Waals surface area (Å²) in [4.78, 5) is 13.3. The molecule has 1 aromatic rings. The number of pyridine rings is 1. The summed E-state index contributed by atoms with van der Waals surface area (Å²) >= 11 is 3.04. The number of halogens is 1. The number of hydrogen-bond acceptors (Lipinski definition) is 3. The maximum atomic E-state index is 10.8. The first-order valence-corrected chi connectivity index (χ1v) is 4.88. The van der Waals surface area contributed by atoms with Gasteiger partial charge in [-0.15, -0.1) is 0 Å². The van der Waals surface area contributed by atoms with Gasteiger partial charge < -0.3 is 15.2 Å². The third-order valence-electron chi connectivity index (χ3n) is 1.66. The molecule has 3 N–H and O–H groups in total. The molecule has 5 heteroatoms. The first-order chi connectivity index (χ1) is 6.15. The van der Waals surface area contributed by atoms with Crippen LogP contribution >= 0.6 is 15.9 Å². The fourth-order valence-corrected chi connectivity index (χ4v) is 1.31. The van der Waals surface area contributed by atoms with Gasteiger partial charge in [-0.05, 0) is 11.6 Å². The van der Waals surface area contributed by atoms with Gasteiger partial charge in [-0.2, -0.15) is 0 Å². The SMILES string of the molecule is O=c1cc(C(O)C(O)CBr)cc[nH]1. The number of rotatable bonds is 3. The van der Waals surface area contributed by atoms with Crippen LogP contribution in [0, 0.1) is 0 Å². The second-order valence-electron chi connectivity index (χ2n) is 2.65. The van der Waals surface area contributed by atoms with Gasteiger partial charge in [0.05, 0.1) is 6.10 Å². The molecule has 0 aromatic carbocycles. The van der Waals surface area contributed by atoms with Gasteiger partial charge in [-0.3, -0.25) is 4.79 Å². The lowest BCUT2D eigenvalue weighted by molar-refractivity contribution is 0.0342. The van der Waals surface area contributed by atoms with Gasteiger partial charge in [0.15, 0.2) is 0 Å². The van der Waals surface area contributed by atoms with Gasteiger partial charge in [-0.25, -0.2) is 0 Å². The molecule has 2 unspecified atom stereocenters. The molecular weight excluding hydrogens is 238 g/mol. The number of hydrogen-bond donors (Lipinski definition) is 3. The molecule has 0 aliphatic carbocycles. The molecule has 2 atom stereocenters. The molecule has 0 radical (unpaired) electrons. The maximum absolute atomic E-state index is 10.8. The van der Waals surface area contributed by atoms with E-state index in [0.717, 1.165) is 0 Å². The Bertz CT molecular complexity index is 325. The van der Waals surface area contributed by atoms with Crippen molar-refractivity contribution in [2.45, 2.75) is 12.2 Å². The molecular formula is C8H10BrNO3. The summed E-state index contributed by atoms with van der Waals surface area (Å²) in [5.74, 6) is 0. The van der Waals surface area contributed by atoms with Gasteiger partial charge in [0.1, 0.15) is 6.10 Å². The van der Waals surface area contributed by atoms with Crippen molar-refractivity contribution in [2.24, 2.45) is 0 Å². The van der Waals surface area contributed by atoms with Crippen LogP contribution in [0.25, 0.3) is 0 Å². The van der Waals surface area contributed by atoms with Crippen molar-refractivity contribution in [3.05, 3.63) is 34.2 Å². The average molecular weight is 248 g/mol. The second-order valence-corrected chi connectivity index (χ2v) is 3.30. The van der Waals surface area contributed by atoms with E-state index in [2.05, 4.69) is 20.9 Å². The number of aromatic nitrogens is 1. The van der Waals surface area contributed by atoms with Crippen molar-refractivity contribution in [3.63, 3.8) is 0 Å². The quantitative estimate of drug-likeness (QED) is 0.667. The molecule has 0 fully saturated rings. The molecule has 1 aromatic heterocycles. The van der Waals surface area contributed by atoms with E-state index in [1.54, 1.807) is 6.07 Å². The number of aliphatic hydroxyl groups is 2. The third kappa shape index (κ3) is 2.65. The van der Waals surface area contributed by atoms with Crippen LogP contribution < -0.4 is 5.56 Å². The largest absolute Gasteiger partial charge is 0.389 e. The van der Waals surface area contributed by atoms with Gasteiger partial charge in [0.25, 0.3) is 0 Å². The van der Waals surface area contributed by atoms with Crippen LogP contribution in [-0.2, 0) is 0 Å². The monoisotopic (exact) mass is 247 g/mol. The zero-order chi connectivity index (χ0) is 9.84. The van der Waals surface area contributed by atoms with Crippen LogP contribution in [0.3, 0.4) is 0 Å². The summed E-state index contributed by atoms with van der Waals surface area (Å²) in [6.07, 6.45) is -0.495. The molecule has 0 bridgehead atoms. The molecule has 0 saturated carbocycles. The first-order valence-electron chi connectivity index (χ1n) is 3.76.